The molecule has 1 aliphatic rings. The van der Waals surface area contributed by atoms with Crippen LogP contribution in [0.5, 0.6) is 0 Å². The van der Waals surface area contributed by atoms with E-state index < -0.39 is 0 Å². The van der Waals surface area contributed by atoms with E-state index in [1.807, 2.05) is 19.1 Å². The number of aromatic nitrogens is 2. The second kappa shape index (κ2) is 8.99. The van der Waals surface area contributed by atoms with E-state index in [0.717, 1.165) is 5.56 Å². The summed E-state index contributed by atoms with van der Waals surface area (Å²) in [6.45, 7) is 2.95. The number of anilines is 1. The Bertz CT molecular complexity index is 1130. The van der Waals surface area contributed by atoms with Crippen molar-refractivity contribution in [3.8, 4) is 11.4 Å². The van der Waals surface area contributed by atoms with Gasteiger partial charge in [0.15, 0.2) is 5.76 Å². The molecule has 160 valence electrons. The third-order valence-corrected chi connectivity index (χ3v) is 5.45. The minimum atomic E-state index is -0.202. The van der Waals surface area contributed by atoms with Crippen LogP contribution < -0.4 is 10.9 Å². The van der Waals surface area contributed by atoms with Crippen LogP contribution in [0.2, 0.25) is 0 Å². The Morgan fingerprint density at radius 3 is 2.71 bits per heavy atom. The number of nitrogens with zero attached hydrogens (tertiary/aromatic N) is 2. The normalized spacial score (nSPS) is 14.4. The van der Waals surface area contributed by atoms with Crippen molar-refractivity contribution < 1.29 is 14.0 Å². The number of nitrogens with one attached hydrogen (secondary N) is 2. The lowest BCUT2D eigenvalue weighted by Crippen LogP contribution is -2.41. The van der Waals surface area contributed by atoms with Crippen LogP contribution in [0.25, 0.3) is 11.4 Å². The number of rotatable bonds is 5. The van der Waals surface area contributed by atoms with Gasteiger partial charge in [0, 0.05) is 42.0 Å². The van der Waals surface area contributed by atoms with Crippen molar-refractivity contribution >= 4 is 17.5 Å². The first kappa shape index (κ1) is 20.6. The summed E-state index contributed by atoms with van der Waals surface area (Å²) in [6.07, 6.45) is 3.32. The third-order valence-electron chi connectivity index (χ3n) is 5.45. The molecule has 0 aliphatic carbocycles. The van der Waals surface area contributed by atoms with Gasteiger partial charge in [0.05, 0.1) is 6.26 Å². The zero-order valence-corrected chi connectivity index (χ0v) is 17.3. The summed E-state index contributed by atoms with van der Waals surface area (Å²) < 4.78 is 5.17. The molecule has 8 heteroatoms. The number of piperidine rings is 1. The van der Waals surface area contributed by atoms with Crippen molar-refractivity contribution in [1.29, 1.82) is 0 Å². The minimum absolute atomic E-state index is 0.0778. The second-order valence-corrected chi connectivity index (χ2v) is 7.55. The summed E-state index contributed by atoms with van der Waals surface area (Å²) >= 11 is 0. The van der Waals surface area contributed by atoms with Crippen molar-refractivity contribution in [3.63, 3.8) is 0 Å². The fraction of sp³-hybridized carbons (Fsp3) is 0.304. The lowest BCUT2D eigenvalue weighted by Gasteiger charge is -2.30. The van der Waals surface area contributed by atoms with Crippen LogP contribution in [-0.2, 0) is 11.2 Å². The molecule has 0 unspecified atom stereocenters. The van der Waals surface area contributed by atoms with E-state index in [0.29, 0.717) is 55.3 Å². The monoisotopic (exact) mass is 420 g/mol. The van der Waals surface area contributed by atoms with Gasteiger partial charge in [0.25, 0.3) is 11.5 Å². The number of aryl methyl sites for hydroxylation is 1. The molecule has 8 nitrogen and oxygen atoms in total. The van der Waals surface area contributed by atoms with Crippen molar-refractivity contribution in [3.05, 3.63) is 70.5 Å². The first-order valence-electron chi connectivity index (χ1n) is 10.4. The summed E-state index contributed by atoms with van der Waals surface area (Å²) in [4.78, 5) is 45.9. The molecule has 31 heavy (non-hydrogen) atoms. The SMILES string of the molecule is CCc1cc(=O)[nH]c(-c2cccc(NC(=O)C3CCN(C(=O)c4ccco4)CC3)c2)n1. The molecule has 0 bridgehead atoms. The number of furan rings is 1. The number of carbonyl (C=O) groups is 2. The zero-order chi connectivity index (χ0) is 21.8. The first-order chi connectivity index (χ1) is 15.0. The number of hydrogen-bond donors (Lipinski definition) is 2. The zero-order valence-electron chi connectivity index (χ0n) is 17.3. The van der Waals surface area contributed by atoms with Crippen LogP contribution >= 0.6 is 0 Å². The first-order valence-corrected chi connectivity index (χ1v) is 10.4. The molecule has 3 heterocycles. The number of hydrogen-bond acceptors (Lipinski definition) is 5. The van der Waals surface area contributed by atoms with Gasteiger partial charge in [-0.05, 0) is 43.5 Å². The van der Waals surface area contributed by atoms with Crippen LogP contribution in [0.4, 0.5) is 5.69 Å². The molecule has 1 fully saturated rings. The van der Waals surface area contributed by atoms with Gasteiger partial charge in [-0.2, -0.15) is 0 Å². The number of H-pyrrole nitrogens is 1. The molecule has 0 spiro atoms. The molecular weight excluding hydrogens is 396 g/mol. The molecule has 1 aromatic carbocycles. The van der Waals surface area contributed by atoms with Gasteiger partial charge in [-0.3, -0.25) is 14.4 Å². The predicted octanol–water partition coefficient (Wildman–Crippen LogP) is 3.08. The molecule has 3 aromatic rings. The maximum absolute atomic E-state index is 12.8. The Morgan fingerprint density at radius 2 is 2.00 bits per heavy atom. The van der Waals surface area contributed by atoms with Crippen molar-refractivity contribution in [2.45, 2.75) is 26.2 Å². The quantitative estimate of drug-likeness (QED) is 0.659. The highest BCUT2D eigenvalue weighted by Crippen LogP contribution is 2.23. The fourth-order valence-electron chi connectivity index (χ4n) is 3.72. The van der Waals surface area contributed by atoms with Crippen molar-refractivity contribution in [1.82, 2.24) is 14.9 Å². The van der Waals surface area contributed by atoms with Crippen molar-refractivity contribution in [2.75, 3.05) is 18.4 Å². The van der Waals surface area contributed by atoms with Crippen LogP contribution in [-0.4, -0.2) is 39.8 Å². The van der Waals surface area contributed by atoms with Gasteiger partial charge in [-0.15, -0.1) is 0 Å². The molecule has 2 N–H and O–H groups in total. The van der Waals surface area contributed by atoms with E-state index >= 15 is 0 Å². The molecule has 4 rings (SSSR count). The van der Waals surface area contributed by atoms with E-state index in [1.54, 1.807) is 29.2 Å². The lowest BCUT2D eigenvalue weighted by molar-refractivity contribution is -0.121. The van der Waals surface area contributed by atoms with E-state index in [1.165, 1.54) is 12.3 Å². The molecule has 2 aromatic heterocycles. The van der Waals surface area contributed by atoms with E-state index in [2.05, 4.69) is 15.3 Å². The van der Waals surface area contributed by atoms with Crippen LogP contribution in [0.15, 0.2) is 57.9 Å². The maximum atomic E-state index is 12.8. The minimum Gasteiger partial charge on any atom is -0.459 e. The van der Waals surface area contributed by atoms with Gasteiger partial charge in [-0.25, -0.2) is 4.98 Å². The Hall–Kier alpha value is -3.68. The molecule has 0 atom stereocenters. The highest BCUT2D eigenvalue weighted by molar-refractivity contribution is 5.94. The van der Waals surface area contributed by atoms with E-state index in [9.17, 15) is 14.4 Å². The maximum Gasteiger partial charge on any atom is 0.289 e. The summed E-state index contributed by atoms with van der Waals surface area (Å²) in [7, 11) is 0. The Kier molecular flexibility index (Phi) is 5.97. The number of benzene rings is 1. The number of aromatic amines is 1. The average molecular weight is 420 g/mol. The molecule has 1 aliphatic heterocycles. The molecule has 1 saturated heterocycles. The van der Waals surface area contributed by atoms with Gasteiger partial charge in [-0.1, -0.05) is 19.1 Å². The summed E-state index contributed by atoms with van der Waals surface area (Å²) in [5, 5.41) is 2.96. The average Bonchev–Trinajstić information content (AvgIpc) is 3.33. The lowest BCUT2D eigenvalue weighted by atomic mass is 9.95. The number of amides is 2. The molecule has 0 radical (unpaired) electrons. The van der Waals surface area contributed by atoms with Gasteiger partial charge in [0.1, 0.15) is 5.82 Å². The fourth-order valence-corrected chi connectivity index (χ4v) is 3.72. The highest BCUT2D eigenvalue weighted by atomic mass is 16.3. The predicted molar refractivity (Wildman–Crippen MR) is 116 cm³/mol. The Labute approximate surface area is 179 Å². The van der Waals surface area contributed by atoms with Crippen molar-refractivity contribution in [2.24, 2.45) is 5.92 Å². The largest absolute Gasteiger partial charge is 0.459 e. The second-order valence-electron chi connectivity index (χ2n) is 7.55. The third kappa shape index (κ3) is 4.74. The summed E-state index contributed by atoms with van der Waals surface area (Å²) in [5.74, 6) is 0.396. The highest BCUT2D eigenvalue weighted by Gasteiger charge is 2.28. The summed E-state index contributed by atoms with van der Waals surface area (Å²) in [6, 6.07) is 12.1. The van der Waals surface area contributed by atoms with Gasteiger partial charge < -0.3 is 19.6 Å². The molecule has 2 amide bonds. The van der Waals surface area contributed by atoms with Crippen LogP contribution in [0.1, 0.15) is 36.0 Å². The van der Waals surface area contributed by atoms with Crippen LogP contribution in [0, 0.1) is 5.92 Å². The Balaban J connectivity index is 1.39. The smallest absolute Gasteiger partial charge is 0.289 e. The molecular formula is C23H24N4O4. The summed E-state index contributed by atoms with van der Waals surface area (Å²) in [5.41, 5.74) is 1.88. The van der Waals surface area contributed by atoms with Gasteiger partial charge >= 0.3 is 0 Å². The molecule has 0 saturated carbocycles. The number of carbonyl (C=O) groups excluding carboxylic acids is 2. The van der Waals surface area contributed by atoms with Crippen LogP contribution in [0.3, 0.4) is 0 Å². The topological polar surface area (TPSA) is 108 Å². The Morgan fingerprint density at radius 1 is 1.19 bits per heavy atom. The van der Waals surface area contributed by atoms with E-state index in [-0.39, 0.29) is 23.3 Å². The number of likely N-dealkylation sites (tertiary alicyclic amines) is 1. The standard InChI is InChI=1S/C23H24N4O4/c1-2-17-14-20(28)26-21(24-17)16-5-3-6-18(13-16)25-22(29)15-8-10-27(11-9-15)23(30)19-7-4-12-31-19/h3-7,12-15H,2,8-11H2,1H3,(H,25,29)(H,24,26,28). The van der Waals surface area contributed by atoms with E-state index in [4.69, 9.17) is 4.42 Å². The van der Waals surface area contributed by atoms with Gasteiger partial charge in [0.2, 0.25) is 5.91 Å².